The van der Waals surface area contributed by atoms with Gasteiger partial charge in [0.2, 0.25) is 5.88 Å². The molecule has 1 heterocycles. The topological polar surface area (TPSA) is 65.3 Å². The maximum atomic E-state index is 10.5. The highest BCUT2D eigenvalue weighted by Gasteiger charge is 2.07. The molecular weight excluding hydrogens is 268 g/mol. The summed E-state index contributed by atoms with van der Waals surface area (Å²) >= 11 is 6.01. The van der Waals surface area contributed by atoms with E-state index in [0.717, 1.165) is 18.2 Å². The Balaban J connectivity index is 2.19. The number of aromatic nitrogens is 1. The third kappa shape index (κ3) is 3.20. The van der Waals surface area contributed by atoms with Crippen LogP contribution in [-0.2, 0) is 6.42 Å². The molecule has 6 heteroatoms. The molecule has 0 aliphatic heterocycles. The fraction of sp³-hybridized carbons (Fsp3) is 0.154. The first-order chi connectivity index (χ1) is 9.10. The first-order valence-corrected chi connectivity index (χ1v) is 6.04. The molecule has 98 valence electrons. The van der Waals surface area contributed by atoms with Crippen molar-refractivity contribution in [2.45, 2.75) is 13.3 Å². The van der Waals surface area contributed by atoms with Crippen LogP contribution in [0.3, 0.4) is 0 Å². The molecule has 2 aromatic rings. The van der Waals surface area contributed by atoms with Gasteiger partial charge in [-0.2, -0.15) is 0 Å². The van der Waals surface area contributed by atoms with Gasteiger partial charge in [-0.1, -0.05) is 18.5 Å². The number of pyridine rings is 1. The number of rotatable bonds is 4. The van der Waals surface area contributed by atoms with Gasteiger partial charge in [0.25, 0.3) is 5.69 Å². The molecule has 1 aromatic carbocycles. The lowest BCUT2D eigenvalue weighted by molar-refractivity contribution is -0.385. The summed E-state index contributed by atoms with van der Waals surface area (Å²) in [5.74, 6) is 0.901. The standard InChI is InChI=1S/C13H11ClN2O3/c1-2-9-7-11(4-5-12(9)14)19-13-6-3-10(8-15-13)16(17)18/h3-8H,2H2,1H3. The van der Waals surface area contributed by atoms with Crippen molar-refractivity contribution >= 4 is 17.3 Å². The number of nitrogens with zero attached hydrogens (tertiary/aromatic N) is 2. The van der Waals surface area contributed by atoms with Crippen LogP contribution in [0.25, 0.3) is 0 Å². The SMILES string of the molecule is CCc1cc(Oc2ccc([N+](=O)[O-])cn2)ccc1Cl. The van der Waals surface area contributed by atoms with E-state index in [0.29, 0.717) is 16.7 Å². The molecule has 5 nitrogen and oxygen atoms in total. The summed E-state index contributed by atoms with van der Waals surface area (Å²) in [6.45, 7) is 2.00. The molecule has 0 aliphatic rings. The average Bonchev–Trinajstić information content (AvgIpc) is 2.41. The Labute approximate surface area is 115 Å². The molecule has 0 fully saturated rings. The molecule has 0 spiro atoms. The zero-order valence-corrected chi connectivity index (χ0v) is 10.9. The Bertz CT molecular complexity index is 599. The Morgan fingerprint density at radius 1 is 1.37 bits per heavy atom. The lowest BCUT2D eigenvalue weighted by atomic mass is 10.1. The van der Waals surface area contributed by atoms with Crippen molar-refractivity contribution < 1.29 is 9.66 Å². The number of aryl methyl sites for hydroxylation is 1. The first-order valence-electron chi connectivity index (χ1n) is 5.67. The summed E-state index contributed by atoms with van der Waals surface area (Å²) in [5.41, 5.74) is 0.902. The average molecular weight is 279 g/mol. The van der Waals surface area contributed by atoms with Crippen molar-refractivity contribution in [3.8, 4) is 11.6 Å². The fourth-order valence-electron chi connectivity index (χ4n) is 1.55. The van der Waals surface area contributed by atoms with E-state index in [1.54, 1.807) is 12.1 Å². The highest BCUT2D eigenvalue weighted by molar-refractivity contribution is 6.31. The molecule has 0 N–H and O–H groups in total. The van der Waals surface area contributed by atoms with Crippen molar-refractivity contribution in [3.63, 3.8) is 0 Å². The van der Waals surface area contributed by atoms with E-state index in [2.05, 4.69) is 4.98 Å². The van der Waals surface area contributed by atoms with Gasteiger partial charge in [0.15, 0.2) is 0 Å². The molecular formula is C13H11ClN2O3. The second-order valence-electron chi connectivity index (χ2n) is 3.82. The first kappa shape index (κ1) is 13.3. The van der Waals surface area contributed by atoms with Crippen LogP contribution in [0.15, 0.2) is 36.5 Å². The number of halogens is 1. The van der Waals surface area contributed by atoms with Crippen molar-refractivity contribution in [2.24, 2.45) is 0 Å². The van der Waals surface area contributed by atoms with Gasteiger partial charge >= 0.3 is 0 Å². The second-order valence-corrected chi connectivity index (χ2v) is 4.23. The molecule has 0 saturated heterocycles. The zero-order chi connectivity index (χ0) is 13.8. The molecule has 0 bridgehead atoms. The third-order valence-electron chi connectivity index (χ3n) is 2.55. The summed E-state index contributed by atoms with van der Waals surface area (Å²) in [7, 11) is 0. The van der Waals surface area contributed by atoms with Crippen molar-refractivity contribution in [1.82, 2.24) is 4.98 Å². The molecule has 2 rings (SSSR count). The van der Waals surface area contributed by atoms with Crippen LogP contribution in [-0.4, -0.2) is 9.91 Å². The number of nitro groups is 1. The smallest absolute Gasteiger partial charge is 0.287 e. The van der Waals surface area contributed by atoms with E-state index >= 15 is 0 Å². The monoisotopic (exact) mass is 278 g/mol. The van der Waals surface area contributed by atoms with Crippen molar-refractivity contribution in [2.75, 3.05) is 0 Å². The number of hydrogen-bond acceptors (Lipinski definition) is 4. The van der Waals surface area contributed by atoms with E-state index in [9.17, 15) is 10.1 Å². The van der Waals surface area contributed by atoms with E-state index in [1.807, 2.05) is 13.0 Å². The molecule has 19 heavy (non-hydrogen) atoms. The maximum Gasteiger partial charge on any atom is 0.287 e. The zero-order valence-electron chi connectivity index (χ0n) is 10.2. The van der Waals surface area contributed by atoms with Crippen LogP contribution in [0.2, 0.25) is 5.02 Å². The highest BCUT2D eigenvalue weighted by atomic mass is 35.5. The van der Waals surface area contributed by atoms with Crippen LogP contribution in [0.4, 0.5) is 5.69 Å². The van der Waals surface area contributed by atoms with E-state index in [1.165, 1.54) is 12.1 Å². The van der Waals surface area contributed by atoms with Crippen LogP contribution < -0.4 is 4.74 Å². The Morgan fingerprint density at radius 2 is 2.16 bits per heavy atom. The number of ether oxygens (including phenoxy) is 1. The van der Waals surface area contributed by atoms with Crippen LogP contribution in [0, 0.1) is 10.1 Å². The van der Waals surface area contributed by atoms with Gasteiger partial charge in [-0.05, 0) is 30.2 Å². The summed E-state index contributed by atoms with van der Waals surface area (Å²) in [6, 6.07) is 8.11. The number of hydrogen-bond donors (Lipinski definition) is 0. The molecule has 0 aliphatic carbocycles. The molecule has 0 amide bonds. The summed E-state index contributed by atoms with van der Waals surface area (Å²) < 4.78 is 5.52. The van der Waals surface area contributed by atoms with Crippen LogP contribution in [0.1, 0.15) is 12.5 Å². The summed E-state index contributed by atoms with van der Waals surface area (Å²) in [4.78, 5) is 13.9. The second kappa shape index (κ2) is 5.67. The summed E-state index contributed by atoms with van der Waals surface area (Å²) in [5, 5.41) is 11.2. The molecule has 0 unspecified atom stereocenters. The molecule has 0 atom stereocenters. The van der Waals surface area contributed by atoms with Gasteiger partial charge in [-0.3, -0.25) is 10.1 Å². The Kier molecular flexibility index (Phi) is 3.97. The normalized spacial score (nSPS) is 10.2. The van der Waals surface area contributed by atoms with Gasteiger partial charge < -0.3 is 4.74 Å². The predicted octanol–water partition coefficient (Wildman–Crippen LogP) is 4.00. The lowest BCUT2D eigenvalue weighted by Gasteiger charge is -2.07. The van der Waals surface area contributed by atoms with Crippen molar-refractivity contribution in [1.29, 1.82) is 0 Å². The van der Waals surface area contributed by atoms with Crippen molar-refractivity contribution in [3.05, 3.63) is 57.2 Å². The highest BCUT2D eigenvalue weighted by Crippen LogP contribution is 2.26. The Hall–Kier alpha value is -2.14. The van der Waals surface area contributed by atoms with E-state index in [-0.39, 0.29) is 5.69 Å². The minimum absolute atomic E-state index is 0.0716. The largest absolute Gasteiger partial charge is 0.439 e. The van der Waals surface area contributed by atoms with E-state index in [4.69, 9.17) is 16.3 Å². The Morgan fingerprint density at radius 3 is 2.74 bits per heavy atom. The van der Waals surface area contributed by atoms with Crippen LogP contribution >= 0.6 is 11.6 Å². The van der Waals surface area contributed by atoms with Gasteiger partial charge in [0, 0.05) is 17.2 Å². The molecule has 1 aromatic heterocycles. The van der Waals surface area contributed by atoms with Gasteiger partial charge in [0.1, 0.15) is 11.9 Å². The predicted molar refractivity (Wildman–Crippen MR) is 71.8 cm³/mol. The minimum Gasteiger partial charge on any atom is -0.439 e. The number of benzene rings is 1. The van der Waals surface area contributed by atoms with Crippen LogP contribution in [0.5, 0.6) is 11.6 Å². The molecule has 0 radical (unpaired) electrons. The molecule has 0 saturated carbocycles. The fourth-order valence-corrected chi connectivity index (χ4v) is 1.80. The van der Waals surface area contributed by atoms with Gasteiger partial charge in [-0.15, -0.1) is 0 Å². The van der Waals surface area contributed by atoms with E-state index < -0.39 is 4.92 Å². The minimum atomic E-state index is -0.506. The van der Waals surface area contributed by atoms with Gasteiger partial charge in [-0.25, -0.2) is 4.98 Å². The van der Waals surface area contributed by atoms with Gasteiger partial charge in [0.05, 0.1) is 4.92 Å². The third-order valence-corrected chi connectivity index (χ3v) is 2.92. The quantitative estimate of drug-likeness (QED) is 0.626. The summed E-state index contributed by atoms with van der Waals surface area (Å²) in [6.07, 6.45) is 1.95. The maximum absolute atomic E-state index is 10.5. The lowest BCUT2D eigenvalue weighted by Crippen LogP contribution is -1.92.